The molecule has 16 heteroatoms. The first-order chi connectivity index (χ1) is 29.4. The van der Waals surface area contributed by atoms with Crippen LogP contribution in [0.5, 0.6) is 0 Å². The second-order valence-corrected chi connectivity index (χ2v) is 20.0. The fourth-order valence-electron chi connectivity index (χ4n) is 10.5. The molecule has 4 fully saturated rings. The Morgan fingerprint density at radius 3 is 2.36 bits per heavy atom. The highest BCUT2D eigenvalue weighted by Gasteiger charge is 2.35. The van der Waals surface area contributed by atoms with Gasteiger partial charge in [-0.3, -0.25) is 33.4 Å². The quantitative estimate of drug-likeness (QED) is 0.170. The number of rotatable bonds is 10. The minimum absolute atomic E-state index is 0.0576. The van der Waals surface area contributed by atoms with Crippen molar-refractivity contribution in [2.45, 2.75) is 112 Å². The molecule has 9 rings (SSSR count). The molecule has 4 aliphatic rings. The highest BCUT2D eigenvalue weighted by Crippen LogP contribution is 2.36. The van der Waals surface area contributed by atoms with Gasteiger partial charge >= 0.3 is 5.69 Å². The molecule has 0 bridgehead atoms. The summed E-state index contributed by atoms with van der Waals surface area (Å²) >= 11 is 0. The van der Waals surface area contributed by atoms with Gasteiger partial charge < -0.3 is 15.1 Å². The number of piperidine rings is 2. The molecule has 1 atom stereocenters. The van der Waals surface area contributed by atoms with E-state index in [1.807, 2.05) is 25.1 Å². The first-order valence-corrected chi connectivity index (χ1v) is 23.4. The monoisotopic (exact) mass is 849 g/mol. The van der Waals surface area contributed by atoms with Crippen LogP contribution in [-0.4, -0.2) is 86.8 Å². The number of hydrogen-bond acceptors (Lipinski definition) is 11. The number of fused-ring (bicyclic) bond motifs is 2. The fourth-order valence-corrected chi connectivity index (χ4v) is 12.4. The second-order valence-electron chi connectivity index (χ2n) is 17.7. The van der Waals surface area contributed by atoms with Crippen molar-refractivity contribution in [3.05, 3.63) is 81.1 Å². The molecule has 1 unspecified atom stereocenters. The van der Waals surface area contributed by atoms with E-state index >= 15 is 0 Å². The molecule has 5 heterocycles. The highest BCUT2D eigenvalue weighted by molar-refractivity contribution is 7.92. The zero-order valence-electron chi connectivity index (χ0n) is 35.2. The molecular formula is C45H55N9O6S. The lowest BCUT2D eigenvalue weighted by molar-refractivity contribution is -0.135. The number of sulfone groups is 1. The molecule has 15 nitrogen and oxygen atoms in total. The van der Waals surface area contributed by atoms with E-state index in [2.05, 4.69) is 32.5 Å². The number of aryl methyl sites for hydroxylation is 2. The number of anilines is 3. The van der Waals surface area contributed by atoms with E-state index in [1.54, 1.807) is 52.7 Å². The molecule has 3 aromatic heterocycles. The van der Waals surface area contributed by atoms with Gasteiger partial charge in [-0.2, -0.15) is 4.98 Å². The fraction of sp³-hybridized carbons (Fsp3) is 0.511. The van der Waals surface area contributed by atoms with Crippen molar-refractivity contribution in [2.24, 2.45) is 13.0 Å². The van der Waals surface area contributed by atoms with Gasteiger partial charge in [0.15, 0.2) is 9.84 Å². The Morgan fingerprint density at radius 1 is 0.885 bits per heavy atom. The predicted molar refractivity (Wildman–Crippen MR) is 235 cm³/mol. The van der Waals surface area contributed by atoms with Gasteiger partial charge in [-0.15, -0.1) is 0 Å². The summed E-state index contributed by atoms with van der Waals surface area (Å²) in [6.45, 7) is 4.45. The molecule has 322 valence electrons. The number of imide groups is 1. The van der Waals surface area contributed by atoms with Gasteiger partial charge in [0, 0.05) is 68.5 Å². The van der Waals surface area contributed by atoms with Crippen molar-refractivity contribution in [3.63, 3.8) is 0 Å². The summed E-state index contributed by atoms with van der Waals surface area (Å²) in [5.74, 6) is 0.0367. The van der Waals surface area contributed by atoms with Crippen molar-refractivity contribution in [1.82, 2.24) is 33.9 Å². The van der Waals surface area contributed by atoms with Crippen LogP contribution in [0, 0.1) is 12.8 Å². The molecule has 0 radical (unpaired) electrons. The molecule has 2 aromatic carbocycles. The molecular weight excluding hydrogens is 795 g/mol. The van der Waals surface area contributed by atoms with E-state index in [4.69, 9.17) is 4.98 Å². The van der Waals surface area contributed by atoms with Gasteiger partial charge in [0.25, 0.3) is 5.56 Å². The van der Waals surface area contributed by atoms with Crippen LogP contribution in [0.1, 0.15) is 94.7 Å². The van der Waals surface area contributed by atoms with Crippen LogP contribution in [-0.2, 0) is 26.5 Å². The third-order valence-corrected chi connectivity index (χ3v) is 16.2. The van der Waals surface area contributed by atoms with Gasteiger partial charge in [-0.1, -0.05) is 18.9 Å². The highest BCUT2D eigenvalue weighted by atomic mass is 32.2. The van der Waals surface area contributed by atoms with Crippen LogP contribution in [0.15, 0.2) is 69.2 Å². The number of hydrogen-bond donors (Lipinski definition) is 2. The average Bonchev–Trinajstić information content (AvgIpc) is 3.88. The predicted octanol–water partition coefficient (Wildman–Crippen LogP) is 5.52. The maximum absolute atomic E-state index is 14.0. The minimum atomic E-state index is -3.53. The normalized spacial score (nSPS) is 22.1. The SMILES string of the molecule is Cc1cc(S(=O)(=O)C2CCC(CN(C)C3CCN(c4cccc5c4n(C)c(=O)n5C4CCC(=O)NC4=O)CC3)CC2)ccc1Nc1ncc2ccc(=O)n(C3CCCC3)c2n1. The molecule has 0 spiro atoms. The van der Waals surface area contributed by atoms with Crippen molar-refractivity contribution >= 4 is 61.0 Å². The van der Waals surface area contributed by atoms with Crippen molar-refractivity contribution in [1.29, 1.82) is 0 Å². The van der Waals surface area contributed by atoms with Gasteiger partial charge in [0.1, 0.15) is 11.7 Å². The standard InChI is InChI=1S/C45H55N9O6S/c1-28-25-34(16-17-35(28)47-44-46-26-30-13-20-40(56)53(42(30)49-44)32-7-4-5-8-32)61(59,60)33-14-11-29(12-15-33)27-50(2)31-21-23-52(24-22-31)36-9-6-10-37-41(36)51(3)45(58)54(37)38-18-19-39(55)48-43(38)57/h6,9-10,13,16-17,20,25-26,29,31-33,38H,4-5,7-8,11-12,14-15,18-19,21-24,27H2,1-3H3,(H,46,47,49)(H,48,55,57). The summed E-state index contributed by atoms with van der Waals surface area (Å²) in [5.41, 5.74) is 4.24. The Hall–Kier alpha value is -5.35. The van der Waals surface area contributed by atoms with Gasteiger partial charge in [-0.05, 0) is 120 Å². The van der Waals surface area contributed by atoms with Crippen molar-refractivity contribution < 1.29 is 18.0 Å². The van der Waals surface area contributed by atoms with Crippen LogP contribution in [0.2, 0.25) is 0 Å². The van der Waals surface area contributed by atoms with Crippen LogP contribution in [0.25, 0.3) is 22.1 Å². The van der Waals surface area contributed by atoms with E-state index in [1.165, 1.54) is 4.57 Å². The van der Waals surface area contributed by atoms with Crippen LogP contribution in [0.3, 0.4) is 0 Å². The Bertz CT molecular complexity index is 2740. The van der Waals surface area contributed by atoms with E-state index < -0.39 is 27.0 Å². The number of aromatic nitrogens is 5. The molecule has 2 aliphatic carbocycles. The summed E-state index contributed by atoms with van der Waals surface area (Å²) in [6.07, 6.45) is 11.2. The Balaban J connectivity index is 0.797. The lowest BCUT2D eigenvalue weighted by atomic mass is 9.88. The third-order valence-electron chi connectivity index (χ3n) is 13.9. The van der Waals surface area contributed by atoms with Gasteiger partial charge in [0.05, 0.1) is 26.9 Å². The lowest BCUT2D eigenvalue weighted by Gasteiger charge is -2.40. The topological polar surface area (TPSA) is 174 Å². The zero-order chi connectivity index (χ0) is 42.6. The summed E-state index contributed by atoms with van der Waals surface area (Å²) in [6, 6.07) is 14.2. The molecule has 2 N–H and O–H groups in total. The molecule has 2 amide bonds. The molecule has 5 aromatic rings. The average molecular weight is 850 g/mol. The van der Waals surface area contributed by atoms with Gasteiger partial charge in [0.2, 0.25) is 17.8 Å². The number of carbonyl (C=O) groups excluding carboxylic acids is 2. The van der Waals surface area contributed by atoms with E-state index in [0.29, 0.717) is 58.9 Å². The van der Waals surface area contributed by atoms with E-state index in [0.717, 1.165) is 93.2 Å². The van der Waals surface area contributed by atoms with E-state index in [9.17, 15) is 27.6 Å². The largest absolute Gasteiger partial charge is 0.370 e. The zero-order valence-corrected chi connectivity index (χ0v) is 36.0. The maximum atomic E-state index is 14.0. The maximum Gasteiger partial charge on any atom is 0.329 e. The van der Waals surface area contributed by atoms with Crippen molar-refractivity contribution in [3.8, 4) is 0 Å². The van der Waals surface area contributed by atoms with Crippen LogP contribution < -0.4 is 26.8 Å². The number of para-hydroxylation sites is 1. The Kier molecular flexibility index (Phi) is 11.1. The number of amides is 2. The Labute approximate surface area is 355 Å². The van der Waals surface area contributed by atoms with Crippen molar-refractivity contribution in [2.75, 3.05) is 36.9 Å². The third kappa shape index (κ3) is 7.77. The number of imidazole rings is 1. The van der Waals surface area contributed by atoms with Crippen LogP contribution >= 0.6 is 0 Å². The summed E-state index contributed by atoms with van der Waals surface area (Å²) in [7, 11) is 0.395. The number of benzene rings is 2. The number of nitrogens with one attached hydrogen (secondary N) is 2. The smallest absolute Gasteiger partial charge is 0.329 e. The molecule has 2 aliphatic heterocycles. The number of carbonyl (C=O) groups is 2. The summed E-state index contributed by atoms with van der Waals surface area (Å²) in [4.78, 5) is 65.3. The molecule has 2 saturated heterocycles. The summed E-state index contributed by atoms with van der Waals surface area (Å²) in [5, 5.41) is 6.05. The van der Waals surface area contributed by atoms with Gasteiger partial charge in [-0.25, -0.2) is 18.2 Å². The second kappa shape index (κ2) is 16.5. The molecule has 2 saturated carbocycles. The first kappa shape index (κ1) is 41.0. The first-order valence-electron chi connectivity index (χ1n) is 21.9. The minimum Gasteiger partial charge on any atom is -0.370 e. The van der Waals surface area contributed by atoms with E-state index in [-0.39, 0.29) is 29.6 Å². The summed E-state index contributed by atoms with van der Waals surface area (Å²) < 4.78 is 32.9. The Morgan fingerprint density at radius 2 is 1.64 bits per heavy atom. The number of pyridine rings is 1. The lowest BCUT2D eigenvalue weighted by Crippen LogP contribution is -2.45. The van der Waals surface area contributed by atoms with Crippen LogP contribution in [0.4, 0.5) is 17.3 Å². The molecule has 61 heavy (non-hydrogen) atoms. The number of nitrogens with zero attached hydrogens (tertiary/aromatic N) is 7.